The summed E-state index contributed by atoms with van der Waals surface area (Å²) in [6.07, 6.45) is 3.44. The maximum atomic E-state index is 13.1. The zero-order valence-corrected chi connectivity index (χ0v) is 13.1. The maximum Gasteiger partial charge on any atom is 0.255 e. The van der Waals surface area contributed by atoms with Crippen LogP contribution in [0.1, 0.15) is 29.6 Å². The van der Waals surface area contributed by atoms with Crippen LogP contribution in [0.5, 0.6) is 0 Å². The lowest BCUT2D eigenvalue weighted by Crippen LogP contribution is -2.42. The van der Waals surface area contributed by atoms with Crippen molar-refractivity contribution in [2.75, 3.05) is 20.1 Å². The second kappa shape index (κ2) is 5.11. The van der Waals surface area contributed by atoms with Crippen LogP contribution in [0.2, 0.25) is 0 Å². The van der Waals surface area contributed by atoms with Gasteiger partial charge >= 0.3 is 0 Å². The van der Waals surface area contributed by atoms with Crippen molar-refractivity contribution in [2.24, 2.45) is 0 Å². The van der Waals surface area contributed by atoms with Gasteiger partial charge in [0, 0.05) is 34.1 Å². The van der Waals surface area contributed by atoms with E-state index >= 15 is 0 Å². The first kappa shape index (κ1) is 13.3. The van der Waals surface area contributed by atoms with Gasteiger partial charge in [-0.1, -0.05) is 18.2 Å². The molecular formula is C17H20N2OS. The highest BCUT2D eigenvalue weighted by atomic mass is 32.1. The van der Waals surface area contributed by atoms with Crippen LogP contribution in [0.25, 0.3) is 10.1 Å². The third kappa shape index (κ3) is 2.17. The van der Waals surface area contributed by atoms with Gasteiger partial charge in [0.25, 0.3) is 5.91 Å². The Morgan fingerprint density at radius 2 is 2.00 bits per heavy atom. The molecule has 0 aliphatic carbocycles. The van der Waals surface area contributed by atoms with E-state index in [1.54, 1.807) is 11.3 Å². The van der Waals surface area contributed by atoms with Crippen molar-refractivity contribution in [3.63, 3.8) is 0 Å². The summed E-state index contributed by atoms with van der Waals surface area (Å²) in [6, 6.07) is 9.07. The highest BCUT2D eigenvalue weighted by Crippen LogP contribution is 2.34. The minimum Gasteiger partial charge on any atom is -0.331 e. The fraction of sp³-hybridized carbons (Fsp3) is 0.471. The third-order valence-electron chi connectivity index (χ3n) is 4.93. The molecule has 2 saturated heterocycles. The molecule has 0 spiro atoms. The molecule has 2 atom stereocenters. The molecule has 2 aliphatic heterocycles. The summed E-state index contributed by atoms with van der Waals surface area (Å²) in [7, 11) is 2.17. The number of nitrogens with zero attached hydrogens (tertiary/aromatic N) is 2. The van der Waals surface area contributed by atoms with E-state index in [9.17, 15) is 4.79 Å². The number of hydrogen-bond acceptors (Lipinski definition) is 3. The molecule has 21 heavy (non-hydrogen) atoms. The van der Waals surface area contributed by atoms with Gasteiger partial charge < -0.3 is 9.80 Å². The normalized spacial score (nSPS) is 26.2. The van der Waals surface area contributed by atoms with E-state index in [0.29, 0.717) is 12.1 Å². The van der Waals surface area contributed by atoms with Crippen molar-refractivity contribution in [2.45, 2.75) is 31.3 Å². The number of fused-ring (bicyclic) bond motifs is 3. The SMILES string of the molecule is CN1CC[C@H]2CC[C@H](C1)N2C(=O)c1csc2ccccc12. The number of hydrogen-bond donors (Lipinski definition) is 0. The van der Waals surface area contributed by atoms with Crippen LogP contribution in [0.15, 0.2) is 29.6 Å². The molecule has 2 aromatic rings. The van der Waals surface area contributed by atoms with Crippen LogP contribution in [0.4, 0.5) is 0 Å². The second-order valence-electron chi connectivity index (χ2n) is 6.29. The van der Waals surface area contributed by atoms with E-state index in [1.165, 1.54) is 11.1 Å². The highest BCUT2D eigenvalue weighted by molar-refractivity contribution is 7.17. The van der Waals surface area contributed by atoms with Gasteiger partial charge in [-0.25, -0.2) is 0 Å². The Hall–Kier alpha value is -1.39. The van der Waals surface area contributed by atoms with Crippen LogP contribution < -0.4 is 0 Å². The molecular weight excluding hydrogens is 280 g/mol. The van der Waals surface area contributed by atoms with E-state index in [0.717, 1.165) is 36.9 Å². The van der Waals surface area contributed by atoms with Crippen molar-refractivity contribution in [1.82, 2.24) is 9.80 Å². The standard InChI is InChI=1S/C17H20N2OS/c1-18-9-8-12-6-7-13(10-18)19(12)17(20)15-11-21-16-5-3-2-4-14(15)16/h2-5,11-13H,6-10H2,1H3/t12-,13-/m1/s1. The Balaban J connectivity index is 1.71. The number of benzene rings is 1. The zero-order chi connectivity index (χ0) is 14.4. The Labute approximate surface area is 129 Å². The number of amides is 1. The van der Waals surface area contributed by atoms with Gasteiger partial charge in [-0.2, -0.15) is 0 Å². The molecule has 3 nitrogen and oxygen atoms in total. The quantitative estimate of drug-likeness (QED) is 0.807. The summed E-state index contributed by atoms with van der Waals surface area (Å²) >= 11 is 1.68. The largest absolute Gasteiger partial charge is 0.331 e. The molecule has 2 bridgehead atoms. The predicted octanol–water partition coefficient (Wildman–Crippen LogP) is 3.21. The summed E-state index contributed by atoms with van der Waals surface area (Å²) in [5.74, 6) is 0.246. The van der Waals surface area contributed by atoms with Crippen LogP contribution in [0.3, 0.4) is 0 Å². The summed E-state index contributed by atoms with van der Waals surface area (Å²) in [5.41, 5.74) is 0.900. The number of likely N-dealkylation sites (N-methyl/N-ethyl adjacent to an activating group) is 1. The van der Waals surface area contributed by atoms with Crippen LogP contribution in [-0.4, -0.2) is 47.9 Å². The van der Waals surface area contributed by atoms with Gasteiger partial charge in [0.05, 0.1) is 5.56 Å². The summed E-state index contributed by atoms with van der Waals surface area (Å²) in [4.78, 5) is 17.7. The molecule has 3 heterocycles. The average Bonchev–Trinajstić information content (AvgIpc) is 3.03. The Morgan fingerprint density at radius 1 is 1.19 bits per heavy atom. The third-order valence-corrected chi connectivity index (χ3v) is 5.90. The Morgan fingerprint density at radius 3 is 2.90 bits per heavy atom. The van der Waals surface area contributed by atoms with Gasteiger partial charge in [-0.05, 0) is 38.9 Å². The molecule has 2 aliphatic rings. The lowest BCUT2D eigenvalue weighted by Gasteiger charge is -2.28. The van der Waals surface area contributed by atoms with E-state index in [2.05, 4.69) is 29.0 Å². The van der Waals surface area contributed by atoms with Crippen LogP contribution >= 0.6 is 11.3 Å². The molecule has 1 amide bonds. The minimum absolute atomic E-state index is 0.246. The molecule has 0 radical (unpaired) electrons. The first-order valence-corrected chi connectivity index (χ1v) is 8.59. The van der Waals surface area contributed by atoms with Crippen molar-refractivity contribution in [1.29, 1.82) is 0 Å². The average molecular weight is 300 g/mol. The molecule has 4 rings (SSSR count). The first-order valence-electron chi connectivity index (χ1n) is 7.71. The summed E-state index contributed by atoms with van der Waals surface area (Å²) in [5, 5.41) is 3.16. The number of carbonyl (C=O) groups is 1. The summed E-state index contributed by atoms with van der Waals surface area (Å²) in [6.45, 7) is 2.12. The molecule has 4 heteroatoms. The predicted molar refractivity (Wildman–Crippen MR) is 86.9 cm³/mol. The van der Waals surface area contributed by atoms with E-state index in [-0.39, 0.29) is 5.91 Å². The van der Waals surface area contributed by atoms with E-state index < -0.39 is 0 Å². The van der Waals surface area contributed by atoms with Crippen molar-refractivity contribution in [3.05, 3.63) is 35.2 Å². The Kier molecular flexibility index (Phi) is 3.23. The topological polar surface area (TPSA) is 23.6 Å². The fourth-order valence-corrected chi connectivity index (χ4v) is 4.79. The van der Waals surface area contributed by atoms with Crippen molar-refractivity contribution in [3.8, 4) is 0 Å². The van der Waals surface area contributed by atoms with Gasteiger partial charge in [0.15, 0.2) is 0 Å². The molecule has 2 fully saturated rings. The number of carbonyl (C=O) groups excluding carboxylic acids is 1. The van der Waals surface area contributed by atoms with Gasteiger partial charge in [0.1, 0.15) is 0 Å². The lowest BCUT2D eigenvalue weighted by molar-refractivity contribution is 0.0676. The maximum absolute atomic E-state index is 13.1. The first-order chi connectivity index (χ1) is 10.2. The molecule has 1 aromatic carbocycles. The number of rotatable bonds is 1. The lowest BCUT2D eigenvalue weighted by atomic mass is 10.1. The van der Waals surface area contributed by atoms with E-state index in [4.69, 9.17) is 0 Å². The molecule has 0 unspecified atom stereocenters. The highest BCUT2D eigenvalue weighted by Gasteiger charge is 2.40. The molecule has 0 saturated carbocycles. The zero-order valence-electron chi connectivity index (χ0n) is 12.3. The summed E-state index contributed by atoms with van der Waals surface area (Å²) < 4.78 is 1.21. The number of thiophene rings is 1. The smallest absolute Gasteiger partial charge is 0.255 e. The minimum atomic E-state index is 0.246. The van der Waals surface area contributed by atoms with Crippen molar-refractivity contribution < 1.29 is 4.79 Å². The monoisotopic (exact) mass is 300 g/mol. The van der Waals surface area contributed by atoms with Crippen LogP contribution in [0, 0.1) is 0 Å². The van der Waals surface area contributed by atoms with E-state index in [1.807, 2.05) is 17.5 Å². The Bertz CT molecular complexity index is 680. The van der Waals surface area contributed by atoms with Gasteiger partial charge in [-0.3, -0.25) is 4.79 Å². The van der Waals surface area contributed by atoms with Gasteiger partial charge in [-0.15, -0.1) is 11.3 Å². The van der Waals surface area contributed by atoms with Crippen molar-refractivity contribution >= 4 is 27.3 Å². The molecule has 110 valence electrons. The second-order valence-corrected chi connectivity index (χ2v) is 7.21. The molecule has 1 aromatic heterocycles. The van der Waals surface area contributed by atoms with Crippen LogP contribution in [-0.2, 0) is 0 Å². The number of likely N-dealkylation sites (tertiary alicyclic amines) is 1. The van der Waals surface area contributed by atoms with Gasteiger partial charge in [0.2, 0.25) is 0 Å². The fourth-order valence-electron chi connectivity index (χ4n) is 3.86. The molecule has 0 N–H and O–H groups in total.